The van der Waals surface area contributed by atoms with Crippen molar-refractivity contribution in [2.45, 2.75) is 8.94 Å². The zero-order valence-electron chi connectivity index (χ0n) is 20.0. The third kappa shape index (κ3) is 9.48. The van der Waals surface area contributed by atoms with Crippen molar-refractivity contribution in [1.82, 2.24) is 0 Å². The minimum atomic E-state index is -2.37. The predicted molar refractivity (Wildman–Crippen MR) is 173 cm³/mol. The van der Waals surface area contributed by atoms with E-state index in [4.69, 9.17) is 9.47 Å². The summed E-state index contributed by atoms with van der Waals surface area (Å²) in [6, 6.07) is 37.7. The Balaban J connectivity index is 0.000000212. The summed E-state index contributed by atoms with van der Waals surface area (Å²) in [5.74, 6) is 1.80. The van der Waals surface area contributed by atoms with Gasteiger partial charge in [-0.2, -0.15) is 0 Å². The molecule has 0 unspecified atom stereocenters. The van der Waals surface area contributed by atoms with Crippen molar-refractivity contribution in [3.05, 3.63) is 120 Å². The predicted octanol–water partition coefficient (Wildman–Crippen LogP) is 7.83. The van der Waals surface area contributed by atoms with Gasteiger partial charge in [0, 0.05) is 0 Å². The van der Waals surface area contributed by atoms with Crippen LogP contribution < -0.4 is 18.3 Å². The Bertz CT molecular complexity index is 1100. The van der Waals surface area contributed by atoms with Crippen molar-refractivity contribution < 1.29 is 9.47 Å². The molecule has 0 aliphatic carbocycles. The molecule has 0 spiro atoms. The van der Waals surface area contributed by atoms with E-state index in [1.54, 1.807) is 14.2 Å². The maximum atomic E-state index is 5.20. The van der Waals surface area contributed by atoms with Crippen molar-refractivity contribution in [3.8, 4) is 11.5 Å². The van der Waals surface area contributed by atoms with Gasteiger partial charge in [-0.05, 0) is 0 Å². The quantitative estimate of drug-likeness (QED) is 0.168. The molecule has 0 saturated carbocycles. The molecule has 0 saturated heterocycles. The molecule has 4 aromatic carbocycles. The Hall–Kier alpha value is -0.268. The molecule has 36 heavy (non-hydrogen) atoms. The summed E-state index contributed by atoms with van der Waals surface area (Å²) in [5.41, 5.74) is 2.67. The second-order valence-corrected chi connectivity index (χ2v) is 58.8. The fraction of sp³-hybridized carbons (Fsp3) is 0.143. The van der Waals surface area contributed by atoms with Crippen LogP contribution in [0.5, 0.6) is 11.5 Å². The Labute approximate surface area is 247 Å². The minimum absolute atomic E-state index is 0.899. The van der Waals surface area contributed by atoms with E-state index >= 15 is 0 Å². The molecular weight excluding hydrogens is 888 g/mol. The molecule has 8 heteroatoms. The fourth-order valence-electron chi connectivity index (χ4n) is 3.44. The molecule has 0 fully saturated rings. The van der Waals surface area contributed by atoms with Gasteiger partial charge in [-0.3, -0.25) is 0 Å². The summed E-state index contributed by atoms with van der Waals surface area (Å²) in [6.45, 7) is 0. The summed E-state index contributed by atoms with van der Waals surface area (Å²) >= 11 is 13.5. The van der Waals surface area contributed by atoms with Gasteiger partial charge in [-0.15, -0.1) is 0 Å². The average Bonchev–Trinajstić information content (AvgIpc) is 2.90. The van der Waals surface area contributed by atoms with E-state index in [2.05, 4.69) is 126 Å². The molecular formula is C28H28Br4GeO2Te. The van der Waals surface area contributed by atoms with Gasteiger partial charge in [-0.1, -0.05) is 0 Å². The Morgan fingerprint density at radius 3 is 1.19 bits per heavy atom. The van der Waals surface area contributed by atoms with Crippen LogP contribution in [-0.4, -0.2) is 37.6 Å². The van der Waals surface area contributed by atoms with Crippen LogP contribution in [0, 0.1) is 0 Å². The molecule has 2 nitrogen and oxygen atoms in total. The summed E-state index contributed by atoms with van der Waals surface area (Å²) < 4.78 is 15.3. The van der Waals surface area contributed by atoms with Crippen molar-refractivity contribution in [2.24, 2.45) is 0 Å². The van der Waals surface area contributed by atoms with Crippen LogP contribution >= 0.6 is 53.5 Å². The van der Waals surface area contributed by atoms with Crippen LogP contribution in [0.4, 0.5) is 0 Å². The third-order valence-corrected chi connectivity index (χ3v) is 29.8. The van der Waals surface area contributed by atoms with Crippen LogP contribution in [-0.2, 0) is 8.94 Å². The van der Waals surface area contributed by atoms with E-state index < -0.39 is 23.3 Å². The number of methoxy groups -OCH3 is 2. The second-order valence-electron chi connectivity index (χ2n) is 7.99. The van der Waals surface area contributed by atoms with Crippen LogP contribution in [0.1, 0.15) is 11.1 Å². The SMILES string of the molecule is COc1ccc(C[Te](Br)(Br)Cc2ccc(OC)cc2)cc1.[Br][Ge]([Br])([c]1ccccc1)[c]1ccccc1. The first-order valence-corrected chi connectivity index (χ1v) is 36.8. The summed E-state index contributed by atoms with van der Waals surface area (Å²) in [4.78, 5) is 0. The van der Waals surface area contributed by atoms with Gasteiger partial charge in [0.25, 0.3) is 0 Å². The normalized spacial score (nSPS) is 11.7. The van der Waals surface area contributed by atoms with E-state index in [-0.39, 0.29) is 0 Å². The molecule has 0 aliphatic heterocycles. The summed E-state index contributed by atoms with van der Waals surface area (Å²) in [6.07, 6.45) is 0. The maximum absolute atomic E-state index is 5.20. The van der Waals surface area contributed by atoms with E-state index in [1.165, 1.54) is 19.9 Å². The molecule has 4 aromatic rings. The first-order chi connectivity index (χ1) is 17.2. The molecule has 0 N–H and O–H groups in total. The number of hydrogen-bond donors (Lipinski definition) is 0. The van der Waals surface area contributed by atoms with Gasteiger partial charge >= 0.3 is 250 Å². The Morgan fingerprint density at radius 2 is 0.889 bits per heavy atom. The first-order valence-electron chi connectivity index (χ1n) is 11.2. The van der Waals surface area contributed by atoms with Gasteiger partial charge in [0.2, 0.25) is 0 Å². The first kappa shape index (κ1) is 30.3. The Kier molecular flexibility index (Phi) is 12.4. The van der Waals surface area contributed by atoms with Gasteiger partial charge in [0.05, 0.1) is 0 Å². The molecule has 0 aromatic heterocycles. The van der Waals surface area contributed by atoms with E-state index in [1.807, 2.05) is 36.4 Å². The Morgan fingerprint density at radius 1 is 0.556 bits per heavy atom. The van der Waals surface area contributed by atoms with Crippen LogP contribution in [0.25, 0.3) is 0 Å². The number of hydrogen-bond acceptors (Lipinski definition) is 2. The summed E-state index contributed by atoms with van der Waals surface area (Å²) in [7, 11) is 1.01. The molecule has 0 bridgehead atoms. The molecule has 0 amide bonds. The second kappa shape index (κ2) is 14.8. The van der Waals surface area contributed by atoms with Crippen LogP contribution in [0.15, 0.2) is 109 Å². The summed E-state index contributed by atoms with van der Waals surface area (Å²) in [5, 5.41) is 0. The third-order valence-electron chi connectivity index (χ3n) is 5.35. The number of benzene rings is 4. The molecule has 190 valence electrons. The molecule has 4 rings (SSSR count). The zero-order valence-corrected chi connectivity index (χ0v) is 30.8. The topological polar surface area (TPSA) is 18.5 Å². The number of rotatable bonds is 8. The van der Waals surface area contributed by atoms with E-state index in [0.717, 1.165) is 20.4 Å². The van der Waals surface area contributed by atoms with Gasteiger partial charge in [0.15, 0.2) is 0 Å². The van der Waals surface area contributed by atoms with Crippen molar-refractivity contribution in [1.29, 1.82) is 0 Å². The van der Waals surface area contributed by atoms with Crippen LogP contribution in [0.2, 0.25) is 0 Å². The van der Waals surface area contributed by atoms with Crippen LogP contribution in [0.3, 0.4) is 0 Å². The van der Waals surface area contributed by atoms with Gasteiger partial charge < -0.3 is 0 Å². The van der Waals surface area contributed by atoms with Crippen molar-refractivity contribution >= 4 is 85.7 Å². The van der Waals surface area contributed by atoms with Crippen molar-refractivity contribution in [3.63, 3.8) is 0 Å². The number of ether oxygens (including phenoxy) is 2. The monoisotopic (exact) mass is 916 g/mol. The van der Waals surface area contributed by atoms with E-state index in [9.17, 15) is 0 Å². The van der Waals surface area contributed by atoms with Gasteiger partial charge in [-0.25, -0.2) is 0 Å². The van der Waals surface area contributed by atoms with Crippen molar-refractivity contribution in [2.75, 3.05) is 14.2 Å². The average molecular weight is 916 g/mol. The molecule has 0 atom stereocenters. The standard InChI is InChI=1S/C16H18Br2O2Te.C12H10Br2Ge/c1-19-15-7-3-13(4-8-15)11-21(17,18)12-14-5-9-16(20-2)10-6-14;13-15(14,11-7-3-1-4-8-11)12-9-5-2-6-10-12/h3-10H,11-12H2,1-2H3;1-10H. The molecule has 0 heterocycles. The molecule has 0 radical (unpaired) electrons. The van der Waals surface area contributed by atoms with E-state index in [0.29, 0.717) is 0 Å². The fourth-order valence-corrected chi connectivity index (χ4v) is 23.5. The zero-order chi connectivity index (χ0) is 26.0. The number of halogens is 4. The molecule has 0 aliphatic rings. The van der Waals surface area contributed by atoms with Gasteiger partial charge in [0.1, 0.15) is 0 Å².